The summed E-state index contributed by atoms with van der Waals surface area (Å²) in [7, 11) is 1.35. The maximum Gasteiger partial charge on any atom is 0.416 e. The number of methoxy groups -OCH3 is 1. The predicted octanol–water partition coefficient (Wildman–Crippen LogP) is 3.16. The van der Waals surface area contributed by atoms with Crippen LogP contribution >= 0.6 is 11.6 Å². The second-order valence-electron chi connectivity index (χ2n) is 5.28. The highest BCUT2D eigenvalue weighted by Gasteiger charge is 2.31. The van der Waals surface area contributed by atoms with E-state index < -0.39 is 23.6 Å². The molecule has 0 saturated carbocycles. The summed E-state index contributed by atoms with van der Waals surface area (Å²) >= 11 is 5.75. The van der Waals surface area contributed by atoms with Gasteiger partial charge in [-0.3, -0.25) is 9.59 Å². The number of hydrazone groups is 1. The van der Waals surface area contributed by atoms with Crippen LogP contribution in [-0.2, 0) is 15.8 Å². The number of alkyl halides is 3. The highest BCUT2D eigenvalue weighted by atomic mass is 35.5. The number of ether oxygens (including phenoxy) is 1. The topological polar surface area (TPSA) is 100 Å². The molecule has 0 spiro atoms. The number of carbonyl (C=O) groups excluding carboxylic acids is 2. The zero-order valence-electron chi connectivity index (χ0n) is 14.2. The Bertz CT molecular complexity index is 932. The molecule has 2 aromatic rings. The molecular weight excluding hydrogens is 403 g/mol. The molecule has 0 aliphatic rings. The summed E-state index contributed by atoms with van der Waals surface area (Å²) in [6.07, 6.45) is -3.47. The highest BCUT2D eigenvalue weighted by Crippen LogP contribution is 2.33. The Labute approximate surface area is 161 Å². The molecule has 0 aliphatic heterocycles. The molecule has 2 aromatic carbocycles. The summed E-state index contributed by atoms with van der Waals surface area (Å²) in [5.41, 5.74) is 0.952. The van der Waals surface area contributed by atoms with E-state index in [4.69, 9.17) is 16.3 Å². The normalized spacial score (nSPS) is 11.3. The summed E-state index contributed by atoms with van der Waals surface area (Å²) < 4.78 is 43.1. The fourth-order valence-corrected chi connectivity index (χ4v) is 2.13. The number of rotatable bonds is 4. The lowest BCUT2D eigenvalue weighted by atomic mass is 10.2. The van der Waals surface area contributed by atoms with Gasteiger partial charge in [0.15, 0.2) is 11.5 Å². The number of carbonyl (C=O) groups is 2. The van der Waals surface area contributed by atoms with Gasteiger partial charge in [-0.2, -0.15) is 18.3 Å². The molecule has 2 rings (SSSR count). The van der Waals surface area contributed by atoms with Gasteiger partial charge in [-0.25, -0.2) is 5.43 Å². The number of aromatic hydroxyl groups is 1. The third kappa shape index (κ3) is 5.36. The summed E-state index contributed by atoms with van der Waals surface area (Å²) in [5, 5.41) is 14.8. The lowest BCUT2D eigenvalue weighted by Crippen LogP contribution is -2.32. The molecule has 148 valence electrons. The van der Waals surface area contributed by atoms with E-state index in [2.05, 4.69) is 5.10 Å². The Morgan fingerprint density at radius 1 is 1.18 bits per heavy atom. The number of benzene rings is 2. The van der Waals surface area contributed by atoms with Crippen molar-refractivity contribution in [1.29, 1.82) is 0 Å². The molecule has 7 nitrogen and oxygen atoms in total. The highest BCUT2D eigenvalue weighted by molar-refractivity contribution is 6.41. The molecule has 0 unspecified atom stereocenters. The number of nitrogens with zero attached hydrogens (tertiary/aromatic N) is 1. The molecule has 0 bridgehead atoms. The van der Waals surface area contributed by atoms with E-state index in [0.717, 1.165) is 12.1 Å². The van der Waals surface area contributed by atoms with Crippen molar-refractivity contribution in [2.45, 2.75) is 6.18 Å². The fraction of sp³-hybridized carbons (Fsp3) is 0.118. The van der Waals surface area contributed by atoms with Crippen LogP contribution in [0, 0.1) is 0 Å². The Morgan fingerprint density at radius 3 is 2.54 bits per heavy atom. The first-order valence-electron chi connectivity index (χ1n) is 7.50. The maximum absolute atomic E-state index is 12.7. The molecule has 28 heavy (non-hydrogen) atoms. The summed E-state index contributed by atoms with van der Waals surface area (Å²) in [4.78, 5) is 23.6. The minimum atomic E-state index is -4.64. The first-order valence-corrected chi connectivity index (χ1v) is 7.87. The molecule has 0 aromatic heterocycles. The van der Waals surface area contributed by atoms with Gasteiger partial charge >= 0.3 is 18.0 Å². The quantitative estimate of drug-likeness (QED) is 0.405. The third-order valence-electron chi connectivity index (χ3n) is 3.33. The van der Waals surface area contributed by atoms with Gasteiger partial charge in [0.05, 0.1) is 29.6 Å². The van der Waals surface area contributed by atoms with Crippen molar-refractivity contribution in [2.75, 3.05) is 12.4 Å². The Morgan fingerprint density at radius 2 is 1.89 bits per heavy atom. The largest absolute Gasteiger partial charge is 0.504 e. The lowest BCUT2D eigenvalue weighted by molar-refractivity contribution is -0.137. The second kappa shape index (κ2) is 8.61. The van der Waals surface area contributed by atoms with Crippen molar-refractivity contribution in [3.05, 3.63) is 52.5 Å². The summed E-state index contributed by atoms with van der Waals surface area (Å²) in [6.45, 7) is 0. The number of hydrogen-bond acceptors (Lipinski definition) is 5. The zero-order valence-corrected chi connectivity index (χ0v) is 14.9. The van der Waals surface area contributed by atoms with Crippen LogP contribution in [0.1, 0.15) is 11.1 Å². The van der Waals surface area contributed by atoms with Crippen molar-refractivity contribution in [2.24, 2.45) is 5.10 Å². The zero-order chi connectivity index (χ0) is 20.9. The number of phenols is 1. The first kappa shape index (κ1) is 21.0. The number of nitrogens with one attached hydrogen (secondary N) is 2. The van der Waals surface area contributed by atoms with E-state index in [9.17, 15) is 27.9 Å². The molecular formula is C17H13ClF3N3O4. The molecule has 0 atom stereocenters. The van der Waals surface area contributed by atoms with Gasteiger partial charge in [-0.05, 0) is 42.0 Å². The second-order valence-corrected chi connectivity index (χ2v) is 5.68. The van der Waals surface area contributed by atoms with Crippen LogP contribution in [0.3, 0.4) is 0 Å². The van der Waals surface area contributed by atoms with E-state index in [1.807, 2.05) is 10.7 Å². The van der Waals surface area contributed by atoms with Gasteiger partial charge in [-0.1, -0.05) is 11.6 Å². The van der Waals surface area contributed by atoms with Crippen LogP contribution in [-0.4, -0.2) is 30.2 Å². The van der Waals surface area contributed by atoms with E-state index in [-0.39, 0.29) is 22.2 Å². The van der Waals surface area contributed by atoms with E-state index >= 15 is 0 Å². The van der Waals surface area contributed by atoms with Crippen LogP contribution in [0.4, 0.5) is 18.9 Å². The smallest absolute Gasteiger partial charge is 0.416 e. The molecule has 0 heterocycles. The fourth-order valence-electron chi connectivity index (χ4n) is 1.97. The van der Waals surface area contributed by atoms with E-state index in [1.54, 1.807) is 0 Å². The van der Waals surface area contributed by atoms with Crippen LogP contribution in [0.25, 0.3) is 0 Å². The van der Waals surface area contributed by atoms with Crippen molar-refractivity contribution in [1.82, 2.24) is 5.43 Å². The predicted molar refractivity (Wildman–Crippen MR) is 95.5 cm³/mol. The van der Waals surface area contributed by atoms with Gasteiger partial charge in [0.2, 0.25) is 0 Å². The van der Waals surface area contributed by atoms with Crippen LogP contribution in [0.15, 0.2) is 41.5 Å². The first-order chi connectivity index (χ1) is 13.1. The average Bonchev–Trinajstić information content (AvgIpc) is 2.63. The van der Waals surface area contributed by atoms with Gasteiger partial charge in [0.1, 0.15) is 0 Å². The van der Waals surface area contributed by atoms with Gasteiger partial charge in [0.25, 0.3) is 0 Å². The Hall–Kier alpha value is -3.27. The van der Waals surface area contributed by atoms with Crippen LogP contribution in [0.2, 0.25) is 5.02 Å². The molecule has 0 saturated heterocycles. The van der Waals surface area contributed by atoms with Gasteiger partial charge in [0, 0.05) is 0 Å². The third-order valence-corrected chi connectivity index (χ3v) is 3.66. The number of hydrogen-bond donors (Lipinski definition) is 3. The van der Waals surface area contributed by atoms with Crippen molar-refractivity contribution in [3.8, 4) is 11.5 Å². The number of amides is 2. The minimum Gasteiger partial charge on any atom is -0.504 e. The van der Waals surface area contributed by atoms with Gasteiger partial charge < -0.3 is 15.2 Å². The van der Waals surface area contributed by atoms with Gasteiger partial charge in [-0.15, -0.1) is 0 Å². The molecule has 3 N–H and O–H groups in total. The molecule has 2 amide bonds. The molecule has 0 radical (unpaired) electrons. The molecule has 11 heteroatoms. The number of halogens is 4. The SMILES string of the molecule is COc1cc(/C=N/NC(=O)C(=O)Nc2cc(C(F)(F)F)ccc2Cl)ccc1O. The Kier molecular flexibility index (Phi) is 6.47. The molecule has 0 fully saturated rings. The Balaban J connectivity index is 2.03. The standard InChI is InChI=1S/C17H13ClF3N3O4/c1-28-14-6-9(2-5-13(14)25)8-22-24-16(27)15(26)23-12-7-10(17(19,20)21)3-4-11(12)18/h2-8,25H,1H3,(H,23,26)(H,24,27)/b22-8+. The van der Waals surface area contributed by atoms with E-state index in [0.29, 0.717) is 11.6 Å². The van der Waals surface area contributed by atoms with E-state index in [1.165, 1.54) is 31.5 Å². The van der Waals surface area contributed by atoms with Crippen molar-refractivity contribution in [3.63, 3.8) is 0 Å². The van der Waals surface area contributed by atoms with Crippen LogP contribution < -0.4 is 15.5 Å². The minimum absolute atomic E-state index is 0.0963. The molecule has 0 aliphatic carbocycles. The van der Waals surface area contributed by atoms with Crippen LogP contribution in [0.5, 0.6) is 11.5 Å². The number of anilines is 1. The summed E-state index contributed by atoms with van der Waals surface area (Å²) in [5.74, 6) is -2.41. The monoisotopic (exact) mass is 415 g/mol. The lowest BCUT2D eigenvalue weighted by Gasteiger charge is -2.11. The maximum atomic E-state index is 12.7. The average molecular weight is 416 g/mol. The number of phenolic OH excluding ortho intramolecular Hbond substituents is 1. The van der Waals surface area contributed by atoms with Crippen molar-refractivity contribution < 1.29 is 32.6 Å². The summed E-state index contributed by atoms with van der Waals surface area (Å²) in [6, 6.07) is 6.54. The van der Waals surface area contributed by atoms with Crippen molar-refractivity contribution >= 4 is 35.3 Å².